The molecule has 2 nitrogen and oxygen atoms in total. The van der Waals surface area contributed by atoms with Crippen molar-refractivity contribution in [2.45, 2.75) is 24.3 Å². The highest BCUT2D eigenvalue weighted by molar-refractivity contribution is 7.08. The summed E-state index contributed by atoms with van der Waals surface area (Å²) in [5.74, 6) is -3.99. The van der Waals surface area contributed by atoms with Gasteiger partial charge in [0.15, 0.2) is 0 Å². The van der Waals surface area contributed by atoms with E-state index in [1.807, 2.05) is 16.8 Å². The summed E-state index contributed by atoms with van der Waals surface area (Å²) < 4.78 is 111. The number of hydrogen-bond acceptors (Lipinski definition) is 2. The van der Waals surface area contributed by atoms with E-state index in [0.717, 1.165) is 17.7 Å². The van der Waals surface area contributed by atoms with Gasteiger partial charge < -0.3 is 5.32 Å². The smallest absolute Gasteiger partial charge is 0.338 e. The first-order valence-electron chi connectivity index (χ1n) is 13.0. The molecular formula is C33H21F8NOS. The fourth-order valence-corrected chi connectivity index (χ4v) is 5.67. The van der Waals surface area contributed by atoms with Gasteiger partial charge in [-0.2, -0.15) is 37.7 Å². The van der Waals surface area contributed by atoms with Crippen LogP contribution < -0.4 is 5.32 Å². The second-order valence-corrected chi connectivity index (χ2v) is 10.8. The number of carbonyl (C=O) groups excluding carboxylic acids is 1. The third-order valence-electron chi connectivity index (χ3n) is 7.10. The van der Waals surface area contributed by atoms with Crippen molar-refractivity contribution in [3.05, 3.63) is 153 Å². The minimum Gasteiger partial charge on any atom is -0.338 e. The van der Waals surface area contributed by atoms with Gasteiger partial charge >= 0.3 is 12.4 Å². The zero-order valence-electron chi connectivity index (χ0n) is 22.4. The van der Waals surface area contributed by atoms with Crippen molar-refractivity contribution < 1.29 is 39.9 Å². The standard InChI is InChI=1S/C33H21F8NOS/c34-27-16-25(15-26(17-27)32(36,37)38)31(18-20-5-2-1-3-6-20,24-8-4-7-21(13-24)23-11-12-44-19-23)42-30(43)22-9-10-29(35)28(14-22)33(39,40)41/h1-17,19H,18H2,(H,42,43). The lowest BCUT2D eigenvalue weighted by molar-refractivity contribution is -0.140. The number of benzene rings is 4. The first-order chi connectivity index (χ1) is 20.8. The third-order valence-corrected chi connectivity index (χ3v) is 7.78. The maximum absolute atomic E-state index is 15.0. The Labute approximate surface area is 250 Å². The van der Waals surface area contributed by atoms with Gasteiger partial charge in [0.25, 0.3) is 5.91 Å². The topological polar surface area (TPSA) is 29.1 Å². The second-order valence-electron chi connectivity index (χ2n) is 10.0. The summed E-state index contributed by atoms with van der Waals surface area (Å²) in [6, 6.07) is 20.1. The molecule has 1 heterocycles. The summed E-state index contributed by atoms with van der Waals surface area (Å²) in [5.41, 5.74) is -3.72. The van der Waals surface area contributed by atoms with E-state index in [1.165, 1.54) is 17.4 Å². The van der Waals surface area contributed by atoms with Crippen LogP contribution in [-0.2, 0) is 24.3 Å². The van der Waals surface area contributed by atoms with E-state index in [0.29, 0.717) is 35.4 Å². The highest BCUT2D eigenvalue weighted by Crippen LogP contribution is 2.40. The molecule has 0 aliphatic rings. The minimum atomic E-state index is -5.12. The van der Waals surface area contributed by atoms with E-state index in [-0.39, 0.29) is 17.5 Å². The number of halogens is 8. The van der Waals surface area contributed by atoms with Gasteiger partial charge in [0.1, 0.15) is 11.6 Å². The molecule has 1 atom stereocenters. The predicted octanol–water partition coefficient (Wildman–Crippen LogP) is 9.65. The van der Waals surface area contributed by atoms with Crippen molar-refractivity contribution >= 4 is 17.2 Å². The van der Waals surface area contributed by atoms with E-state index < -0.39 is 52.1 Å². The van der Waals surface area contributed by atoms with Gasteiger partial charge in [-0.3, -0.25) is 4.79 Å². The van der Waals surface area contributed by atoms with Crippen molar-refractivity contribution in [2.75, 3.05) is 0 Å². The molecule has 4 aromatic carbocycles. The van der Waals surface area contributed by atoms with E-state index in [9.17, 15) is 39.9 Å². The Hall–Kier alpha value is -4.51. The summed E-state index contributed by atoms with van der Waals surface area (Å²) in [6.45, 7) is 0. The molecule has 0 bridgehead atoms. The molecule has 0 radical (unpaired) electrons. The fraction of sp³-hybridized carbons (Fsp3) is 0.121. The Kier molecular flexibility index (Phi) is 8.35. The Bertz CT molecular complexity index is 1780. The first-order valence-corrected chi connectivity index (χ1v) is 14.0. The molecule has 226 valence electrons. The largest absolute Gasteiger partial charge is 0.419 e. The van der Waals surface area contributed by atoms with Gasteiger partial charge in [0.2, 0.25) is 0 Å². The van der Waals surface area contributed by atoms with Gasteiger partial charge in [-0.25, -0.2) is 8.78 Å². The van der Waals surface area contributed by atoms with Crippen LogP contribution in [0.5, 0.6) is 0 Å². The average Bonchev–Trinajstić information content (AvgIpc) is 3.51. The third kappa shape index (κ3) is 6.52. The zero-order valence-corrected chi connectivity index (χ0v) is 23.3. The lowest BCUT2D eigenvalue weighted by atomic mass is 9.76. The monoisotopic (exact) mass is 631 g/mol. The predicted molar refractivity (Wildman–Crippen MR) is 151 cm³/mol. The van der Waals surface area contributed by atoms with Crippen LogP contribution >= 0.6 is 11.3 Å². The molecule has 1 unspecified atom stereocenters. The SMILES string of the molecule is O=C(NC(Cc1ccccc1)(c1cccc(-c2ccsc2)c1)c1cc(F)cc(C(F)(F)F)c1)c1ccc(F)c(C(F)(F)F)c1. The van der Waals surface area contributed by atoms with Gasteiger partial charge in [0, 0.05) is 12.0 Å². The second kappa shape index (κ2) is 11.9. The highest BCUT2D eigenvalue weighted by atomic mass is 32.1. The van der Waals surface area contributed by atoms with E-state index in [1.54, 1.807) is 48.5 Å². The molecule has 0 aliphatic carbocycles. The molecule has 0 saturated carbocycles. The van der Waals surface area contributed by atoms with Crippen molar-refractivity contribution in [1.82, 2.24) is 5.32 Å². The number of amides is 1. The van der Waals surface area contributed by atoms with E-state index in [4.69, 9.17) is 0 Å². The number of thiophene rings is 1. The molecule has 0 fully saturated rings. The van der Waals surface area contributed by atoms with Gasteiger partial charge in [-0.15, -0.1) is 0 Å². The molecule has 0 aliphatic heterocycles. The molecule has 1 amide bonds. The van der Waals surface area contributed by atoms with E-state index in [2.05, 4.69) is 5.32 Å². The average molecular weight is 632 g/mol. The zero-order chi connectivity index (χ0) is 31.7. The maximum atomic E-state index is 15.0. The van der Waals surface area contributed by atoms with Crippen LogP contribution in [0.4, 0.5) is 35.1 Å². The summed E-state index contributed by atoms with van der Waals surface area (Å²) in [7, 11) is 0. The number of hydrogen-bond donors (Lipinski definition) is 1. The minimum absolute atomic E-state index is 0.221. The molecule has 0 spiro atoms. The summed E-state index contributed by atoms with van der Waals surface area (Å²) >= 11 is 1.40. The number of rotatable bonds is 7. The maximum Gasteiger partial charge on any atom is 0.419 e. The molecule has 1 aromatic heterocycles. The summed E-state index contributed by atoms with van der Waals surface area (Å²) in [5, 5.41) is 6.29. The molecular weight excluding hydrogens is 610 g/mol. The highest BCUT2D eigenvalue weighted by Gasteiger charge is 2.41. The summed E-state index contributed by atoms with van der Waals surface area (Å²) in [4.78, 5) is 13.8. The fourth-order valence-electron chi connectivity index (χ4n) is 5.00. The molecule has 0 saturated heterocycles. The molecule has 5 rings (SSSR count). The van der Waals surface area contributed by atoms with Crippen LogP contribution in [0.1, 0.15) is 38.2 Å². The van der Waals surface area contributed by atoms with Crippen LogP contribution in [0.3, 0.4) is 0 Å². The van der Waals surface area contributed by atoms with Crippen molar-refractivity contribution in [1.29, 1.82) is 0 Å². The van der Waals surface area contributed by atoms with Crippen molar-refractivity contribution in [3.8, 4) is 11.1 Å². The van der Waals surface area contributed by atoms with Crippen LogP contribution in [0.25, 0.3) is 11.1 Å². The first kappa shape index (κ1) is 30.9. The Morgan fingerprint density at radius 3 is 2.07 bits per heavy atom. The summed E-state index contributed by atoms with van der Waals surface area (Å²) in [6.07, 6.45) is -10.3. The van der Waals surface area contributed by atoms with E-state index >= 15 is 0 Å². The normalized spacial score (nSPS) is 13.4. The molecule has 5 aromatic rings. The Balaban J connectivity index is 1.78. The number of carbonyl (C=O) groups is 1. The molecule has 1 N–H and O–H groups in total. The molecule has 44 heavy (non-hydrogen) atoms. The van der Waals surface area contributed by atoms with Crippen LogP contribution in [0.2, 0.25) is 0 Å². The number of alkyl halides is 6. The quantitative estimate of drug-likeness (QED) is 0.178. The lowest BCUT2D eigenvalue weighted by Crippen LogP contribution is -2.49. The van der Waals surface area contributed by atoms with Crippen molar-refractivity contribution in [2.24, 2.45) is 0 Å². The Morgan fingerprint density at radius 2 is 1.41 bits per heavy atom. The van der Waals surface area contributed by atoms with Gasteiger partial charge in [-0.1, -0.05) is 48.5 Å². The number of nitrogens with one attached hydrogen (secondary N) is 1. The van der Waals surface area contributed by atoms with Crippen molar-refractivity contribution in [3.63, 3.8) is 0 Å². The lowest BCUT2D eigenvalue weighted by Gasteiger charge is -2.37. The van der Waals surface area contributed by atoms with Crippen LogP contribution in [-0.4, -0.2) is 5.91 Å². The van der Waals surface area contributed by atoms with Crippen LogP contribution in [0, 0.1) is 11.6 Å². The van der Waals surface area contributed by atoms with Crippen LogP contribution in [0.15, 0.2) is 108 Å². The van der Waals surface area contributed by atoms with Gasteiger partial charge in [0.05, 0.1) is 16.7 Å². The molecule has 11 heteroatoms. The Morgan fingerprint density at radius 1 is 0.682 bits per heavy atom. The van der Waals surface area contributed by atoms with Gasteiger partial charge in [-0.05, 0) is 87.1 Å².